The summed E-state index contributed by atoms with van der Waals surface area (Å²) in [7, 11) is 0. The molecular weight excluding hydrogens is 260 g/mol. The minimum atomic E-state index is 0.146. The van der Waals surface area contributed by atoms with Gasteiger partial charge in [0, 0.05) is 39.6 Å². The number of aromatic nitrogens is 1. The van der Waals surface area contributed by atoms with Crippen LogP contribution in [0.4, 0.5) is 5.69 Å². The second kappa shape index (κ2) is 4.63. The highest BCUT2D eigenvalue weighted by atomic mass is 16.1. The molecule has 3 nitrogen and oxygen atoms in total. The summed E-state index contributed by atoms with van der Waals surface area (Å²) in [5, 5.41) is 5.78. The number of H-pyrrole nitrogens is 1. The number of hydrogen-bond donors (Lipinski definition) is 2. The third-order valence-corrected chi connectivity index (χ3v) is 3.77. The Morgan fingerprint density at radius 2 is 1.81 bits per heavy atom. The Morgan fingerprint density at radius 1 is 0.952 bits per heavy atom. The number of benzene rings is 2. The number of carbonyl (C=O) groups excluding carboxylic acids is 1. The molecule has 1 aliphatic carbocycles. The smallest absolute Gasteiger partial charge is 0.159 e. The molecule has 3 aromatic rings. The fourth-order valence-corrected chi connectivity index (χ4v) is 2.71. The van der Waals surface area contributed by atoms with Crippen molar-refractivity contribution in [1.82, 2.24) is 4.98 Å². The average molecular weight is 274 g/mol. The highest BCUT2D eigenvalue weighted by molar-refractivity contribution is 6.08. The molecule has 21 heavy (non-hydrogen) atoms. The lowest BCUT2D eigenvalue weighted by atomic mass is 10.1. The lowest BCUT2D eigenvalue weighted by Crippen LogP contribution is -2.03. The summed E-state index contributed by atoms with van der Waals surface area (Å²) in [6.07, 6.45) is 5.83. The van der Waals surface area contributed by atoms with Crippen molar-refractivity contribution in [2.75, 3.05) is 5.32 Å². The Balaban J connectivity index is 1.75. The molecule has 0 saturated carbocycles. The first-order valence-corrected chi connectivity index (χ1v) is 6.98. The highest BCUT2D eigenvalue weighted by Crippen LogP contribution is 2.28. The maximum absolute atomic E-state index is 11.2. The van der Waals surface area contributed by atoms with Gasteiger partial charge in [0.1, 0.15) is 0 Å². The molecule has 2 N–H and O–H groups in total. The van der Waals surface area contributed by atoms with Crippen LogP contribution in [0.25, 0.3) is 21.8 Å². The van der Waals surface area contributed by atoms with Crippen molar-refractivity contribution in [2.24, 2.45) is 0 Å². The Hall–Kier alpha value is -2.81. The van der Waals surface area contributed by atoms with E-state index in [-0.39, 0.29) is 5.78 Å². The Bertz CT molecular complexity index is 915. The van der Waals surface area contributed by atoms with Crippen molar-refractivity contribution >= 4 is 33.3 Å². The maximum Gasteiger partial charge on any atom is 0.159 e. The molecule has 1 aromatic heterocycles. The number of anilines is 1. The van der Waals surface area contributed by atoms with Gasteiger partial charge in [0.15, 0.2) is 5.78 Å². The molecule has 0 spiro atoms. The first kappa shape index (κ1) is 12.0. The van der Waals surface area contributed by atoms with E-state index in [2.05, 4.69) is 34.6 Å². The number of aromatic amines is 1. The van der Waals surface area contributed by atoms with Crippen molar-refractivity contribution in [1.29, 1.82) is 0 Å². The third kappa shape index (κ3) is 2.13. The summed E-state index contributed by atoms with van der Waals surface area (Å²) >= 11 is 0. The largest absolute Gasteiger partial charge is 0.356 e. The minimum absolute atomic E-state index is 0.146. The molecule has 0 aliphatic heterocycles. The van der Waals surface area contributed by atoms with Crippen LogP contribution in [0, 0.1) is 0 Å². The van der Waals surface area contributed by atoms with E-state index >= 15 is 0 Å². The van der Waals surface area contributed by atoms with Gasteiger partial charge in [-0.25, -0.2) is 0 Å². The zero-order chi connectivity index (χ0) is 14.2. The Kier molecular flexibility index (Phi) is 2.64. The molecule has 0 atom stereocenters. The molecule has 102 valence electrons. The average Bonchev–Trinajstić information content (AvgIpc) is 2.88. The number of carbonyl (C=O) groups is 1. The second-order valence-corrected chi connectivity index (χ2v) is 5.22. The van der Waals surface area contributed by atoms with E-state index in [0.29, 0.717) is 6.42 Å². The van der Waals surface area contributed by atoms with Crippen molar-refractivity contribution in [3.63, 3.8) is 0 Å². The van der Waals surface area contributed by atoms with Crippen LogP contribution in [-0.2, 0) is 4.79 Å². The first-order chi connectivity index (χ1) is 10.3. The summed E-state index contributed by atoms with van der Waals surface area (Å²) in [6.45, 7) is 0. The molecule has 0 bridgehead atoms. The third-order valence-electron chi connectivity index (χ3n) is 3.77. The fourth-order valence-electron chi connectivity index (χ4n) is 2.71. The summed E-state index contributed by atoms with van der Waals surface area (Å²) < 4.78 is 0. The van der Waals surface area contributed by atoms with Crippen molar-refractivity contribution in [2.45, 2.75) is 6.42 Å². The van der Waals surface area contributed by atoms with Gasteiger partial charge in [-0.3, -0.25) is 4.79 Å². The molecule has 2 aromatic carbocycles. The number of nitrogens with one attached hydrogen (secondary N) is 2. The van der Waals surface area contributed by atoms with Gasteiger partial charge in [-0.15, -0.1) is 0 Å². The van der Waals surface area contributed by atoms with E-state index in [1.807, 2.05) is 30.4 Å². The van der Waals surface area contributed by atoms with Gasteiger partial charge in [-0.1, -0.05) is 24.3 Å². The van der Waals surface area contributed by atoms with Crippen LogP contribution in [0.1, 0.15) is 6.42 Å². The normalized spacial score (nSPS) is 14.7. The number of ketones is 1. The van der Waals surface area contributed by atoms with Gasteiger partial charge in [0.2, 0.25) is 0 Å². The SMILES string of the molecule is O=C1C=CC(Nc2ccc3[nH]c4ccccc4c3c2)=CC1. The van der Waals surface area contributed by atoms with Crippen LogP contribution in [0.2, 0.25) is 0 Å². The number of para-hydroxylation sites is 1. The molecule has 4 rings (SSSR count). The Morgan fingerprint density at radius 3 is 2.67 bits per heavy atom. The van der Waals surface area contributed by atoms with Gasteiger partial charge in [0.25, 0.3) is 0 Å². The van der Waals surface area contributed by atoms with E-state index in [9.17, 15) is 4.79 Å². The Labute approximate surface area is 122 Å². The predicted molar refractivity (Wildman–Crippen MR) is 86.3 cm³/mol. The lowest BCUT2D eigenvalue weighted by Gasteiger charge is -2.10. The van der Waals surface area contributed by atoms with Crippen LogP contribution in [0.15, 0.2) is 66.4 Å². The summed E-state index contributed by atoms with van der Waals surface area (Å²) in [6, 6.07) is 14.5. The molecular formula is C18H14N2O. The van der Waals surface area contributed by atoms with Crippen molar-refractivity contribution < 1.29 is 4.79 Å². The number of allylic oxidation sites excluding steroid dienone is 3. The molecule has 0 radical (unpaired) electrons. The molecule has 0 unspecified atom stereocenters. The summed E-state index contributed by atoms with van der Waals surface area (Å²) in [4.78, 5) is 14.6. The zero-order valence-corrected chi connectivity index (χ0v) is 11.4. The summed E-state index contributed by atoms with van der Waals surface area (Å²) in [5.74, 6) is 0.146. The fraction of sp³-hybridized carbons (Fsp3) is 0.0556. The van der Waals surface area contributed by atoms with Crippen LogP contribution in [-0.4, -0.2) is 10.8 Å². The highest BCUT2D eigenvalue weighted by Gasteiger charge is 2.06. The van der Waals surface area contributed by atoms with Crippen LogP contribution in [0.5, 0.6) is 0 Å². The zero-order valence-electron chi connectivity index (χ0n) is 11.4. The van der Waals surface area contributed by atoms with Gasteiger partial charge in [-0.05, 0) is 36.4 Å². The number of rotatable bonds is 2. The van der Waals surface area contributed by atoms with Crippen molar-refractivity contribution in [3.8, 4) is 0 Å². The molecule has 1 heterocycles. The van der Waals surface area contributed by atoms with Crippen molar-refractivity contribution in [3.05, 3.63) is 66.4 Å². The van der Waals surface area contributed by atoms with Gasteiger partial charge < -0.3 is 10.3 Å². The van der Waals surface area contributed by atoms with E-state index in [1.54, 1.807) is 6.08 Å². The monoisotopic (exact) mass is 274 g/mol. The maximum atomic E-state index is 11.2. The van der Waals surface area contributed by atoms with Crippen LogP contribution >= 0.6 is 0 Å². The van der Waals surface area contributed by atoms with E-state index in [0.717, 1.165) is 22.4 Å². The lowest BCUT2D eigenvalue weighted by molar-refractivity contribution is -0.113. The number of fused-ring (bicyclic) bond motifs is 3. The molecule has 1 aliphatic rings. The van der Waals surface area contributed by atoms with E-state index in [1.165, 1.54) is 10.8 Å². The van der Waals surface area contributed by atoms with E-state index in [4.69, 9.17) is 0 Å². The van der Waals surface area contributed by atoms with Gasteiger partial charge >= 0.3 is 0 Å². The quantitative estimate of drug-likeness (QED) is 0.737. The molecule has 3 heteroatoms. The second-order valence-electron chi connectivity index (χ2n) is 5.22. The topological polar surface area (TPSA) is 44.9 Å². The summed E-state index contributed by atoms with van der Waals surface area (Å²) in [5.41, 5.74) is 4.27. The van der Waals surface area contributed by atoms with Gasteiger partial charge in [-0.2, -0.15) is 0 Å². The predicted octanol–water partition coefficient (Wildman–Crippen LogP) is 4.15. The van der Waals surface area contributed by atoms with E-state index < -0.39 is 0 Å². The van der Waals surface area contributed by atoms with Crippen LogP contribution < -0.4 is 5.32 Å². The number of hydrogen-bond acceptors (Lipinski definition) is 2. The molecule has 0 amide bonds. The first-order valence-electron chi connectivity index (χ1n) is 6.98. The molecule has 0 saturated heterocycles. The standard InChI is InChI=1S/C18H14N2O/c21-14-8-5-12(6-9-14)19-13-7-10-18-16(11-13)15-3-1-2-4-17(15)20-18/h1-8,10-11,19-20H,9H2. The molecule has 0 fully saturated rings. The van der Waals surface area contributed by atoms with Crippen LogP contribution in [0.3, 0.4) is 0 Å². The minimum Gasteiger partial charge on any atom is -0.356 e. The van der Waals surface area contributed by atoms with Gasteiger partial charge in [0.05, 0.1) is 0 Å².